The number of ether oxygens (including phenoxy) is 1. The number of aliphatic hydroxyl groups excluding tert-OH is 1. The lowest BCUT2D eigenvalue weighted by molar-refractivity contribution is 0.291. The van der Waals surface area contributed by atoms with Crippen LogP contribution in [0.3, 0.4) is 0 Å². The molecule has 0 saturated carbocycles. The predicted octanol–water partition coefficient (Wildman–Crippen LogP) is 1.09. The lowest BCUT2D eigenvalue weighted by Gasteiger charge is -2.06. The summed E-state index contributed by atoms with van der Waals surface area (Å²) in [6.45, 7) is 1.26. The first-order valence-electron chi connectivity index (χ1n) is 6.03. The van der Waals surface area contributed by atoms with Crippen LogP contribution in [-0.4, -0.2) is 33.1 Å². The molecule has 1 aromatic carbocycles. The molecule has 0 saturated heterocycles. The third-order valence-electron chi connectivity index (χ3n) is 2.36. The highest BCUT2D eigenvalue weighted by atomic mass is 16.5. The monoisotopic (exact) mass is 257 g/mol. The second-order valence-electron chi connectivity index (χ2n) is 3.81. The van der Waals surface area contributed by atoms with Gasteiger partial charge >= 0.3 is 0 Å². The van der Waals surface area contributed by atoms with Crippen LogP contribution in [0.4, 0.5) is 0 Å². The molecule has 0 fully saturated rings. The minimum Gasteiger partial charge on any atom is -0.492 e. The van der Waals surface area contributed by atoms with Gasteiger partial charge in [-0.25, -0.2) is 9.67 Å². The van der Waals surface area contributed by atoms with E-state index in [0.717, 1.165) is 11.3 Å². The summed E-state index contributed by atoms with van der Waals surface area (Å²) in [5.41, 5.74) is 0.881. The first-order valence-corrected chi connectivity index (χ1v) is 6.03. The molecule has 0 atom stereocenters. The number of rotatable bonds is 5. The normalized spacial score (nSPS) is 9.74. The van der Waals surface area contributed by atoms with Gasteiger partial charge in [-0.15, -0.1) is 0 Å². The Balaban J connectivity index is 1.87. The van der Waals surface area contributed by atoms with E-state index < -0.39 is 0 Å². The largest absolute Gasteiger partial charge is 0.492 e. The SMILES string of the molecule is OCCC#Cc1cccc(OCCn2cncn2)c1. The van der Waals surface area contributed by atoms with Crippen molar-refractivity contribution in [3.8, 4) is 17.6 Å². The summed E-state index contributed by atoms with van der Waals surface area (Å²) in [5, 5.41) is 12.7. The van der Waals surface area contributed by atoms with Crippen molar-refractivity contribution in [2.24, 2.45) is 0 Å². The summed E-state index contributed by atoms with van der Waals surface area (Å²) in [6, 6.07) is 7.58. The second-order valence-corrected chi connectivity index (χ2v) is 3.81. The molecule has 0 aliphatic carbocycles. The summed E-state index contributed by atoms with van der Waals surface area (Å²) in [4.78, 5) is 3.86. The fourth-order valence-corrected chi connectivity index (χ4v) is 1.49. The lowest BCUT2D eigenvalue weighted by Crippen LogP contribution is -2.08. The third-order valence-corrected chi connectivity index (χ3v) is 2.36. The van der Waals surface area contributed by atoms with Crippen molar-refractivity contribution in [2.75, 3.05) is 13.2 Å². The molecular weight excluding hydrogens is 242 g/mol. The fourth-order valence-electron chi connectivity index (χ4n) is 1.49. The van der Waals surface area contributed by atoms with Gasteiger partial charge in [-0.05, 0) is 18.2 Å². The average Bonchev–Trinajstić information content (AvgIpc) is 2.93. The Morgan fingerprint density at radius 2 is 2.32 bits per heavy atom. The molecule has 0 bridgehead atoms. The Bertz CT molecular complexity index is 556. The van der Waals surface area contributed by atoms with Crippen molar-refractivity contribution >= 4 is 0 Å². The van der Waals surface area contributed by atoms with Crippen molar-refractivity contribution < 1.29 is 9.84 Å². The van der Waals surface area contributed by atoms with Crippen LogP contribution in [0, 0.1) is 11.8 Å². The molecule has 1 aromatic heterocycles. The second kappa shape index (κ2) is 7.19. The molecule has 0 spiro atoms. The molecule has 2 rings (SSSR count). The van der Waals surface area contributed by atoms with Crippen molar-refractivity contribution in [3.05, 3.63) is 42.5 Å². The molecule has 0 aliphatic heterocycles. The molecule has 1 N–H and O–H groups in total. The number of benzene rings is 1. The standard InChI is InChI=1S/C14H15N3O2/c18-8-2-1-4-13-5-3-6-14(10-13)19-9-7-17-12-15-11-16-17/h3,5-6,10-12,18H,2,7-9H2. The van der Waals surface area contributed by atoms with Gasteiger partial charge < -0.3 is 9.84 Å². The number of aromatic nitrogens is 3. The highest BCUT2D eigenvalue weighted by Crippen LogP contribution is 2.12. The maximum absolute atomic E-state index is 8.66. The maximum Gasteiger partial charge on any atom is 0.137 e. The average molecular weight is 257 g/mol. The Kier molecular flexibility index (Phi) is 4.96. The molecule has 5 nitrogen and oxygen atoms in total. The quantitative estimate of drug-likeness (QED) is 0.815. The Labute approximate surface area is 111 Å². The highest BCUT2D eigenvalue weighted by molar-refractivity contribution is 5.39. The highest BCUT2D eigenvalue weighted by Gasteiger charge is 1.96. The van der Waals surface area contributed by atoms with Gasteiger partial charge in [-0.1, -0.05) is 17.9 Å². The number of hydrogen-bond donors (Lipinski definition) is 1. The van der Waals surface area contributed by atoms with E-state index in [0.29, 0.717) is 19.6 Å². The lowest BCUT2D eigenvalue weighted by atomic mass is 10.2. The van der Waals surface area contributed by atoms with Crippen LogP contribution in [0.15, 0.2) is 36.9 Å². The minimum absolute atomic E-state index is 0.0844. The molecule has 98 valence electrons. The Morgan fingerprint density at radius 3 is 3.11 bits per heavy atom. The first kappa shape index (κ1) is 13.1. The third kappa shape index (κ3) is 4.45. The number of aliphatic hydroxyl groups is 1. The summed E-state index contributed by atoms with van der Waals surface area (Å²) in [6.07, 6.45) is 3.63. The van der Waals surface area contributed by atoms with Gasteiger partial charge in [0.1, 0.15) is 25.0 Å². The molecule has 1 heterocycles. The van der Waals surface area contributed by atoms with Crippen LogP contribution in [-0.2, 0) is 6.54 Å². The van der Waals surface area contributed by atoms with E-state index in [9.17, 15) is 0 Å². The van der Waals surface area contributed by atoms with E-state index in [1.807, 2.05) is 24.3 Å². The van der Waals surface area contributed by atoms with Gasteiger partial charge in [0, 0.05) is 12.0 Å². The van der Waals surface area contributed by atoms with E-state index in [1.54, 1.807) is 11.0 Å². The molecule has 0 amide bonds. The van der Waals surface area contributed by atoms with Gasteiger partial charge in [-0.2, -0.15) is 5.10 Å². The van der Waals surface area contributed by atoms with E-state index >= 15 is 0 Å². The summed E-state index contributed by atoms with van der Waals surface area (Å²) in [5.74, 6) is 6.63. The van der Waals surface area contributed by atoms with Crippen LogP contribution < -0.4 is 4.74 Å². The zero-order chi connectivity index (χ0) is 13.3. The zero-order valence-electron chi connectivity index (χ0n) is 10.5. The maximum atomic E-state index is 8.66. The smallest absolute Gasteiger partial charge is 0.137 e. The molecule has 0 aliphatic rings. The van der Waals surface area contributed by atoms with E-state index in [4.69, 9.17) is 9.84 Å². The van der Waals surface area contributed by atoms with Crippen LogP contribution in [0.2, 0.25) is 0 Å². The number of nitrogens with zero attached hydrogens (tertiary/aromatic N) is 3. The molecule has 2 aromatic rings. The number of hydrogen-bond acceptors (Lipinski definition) is 4. The topological polar surface area (TPSA) is 60.2 Å². The van der Waals surface area contributed by atoms with Crippen molar-refractivity contribution in [3.63, 3.8) is 0 Å². The van der Waals surface area contributed by atoms with Crippen molar-refractivity contribution in [1.82, 2.24) is 14.8 Å². The minimum atomic E-state index is 0.0844. The molecular formula is C14H15N3O2. The summed E-state index contributed by atoms with van der Waals surface area (Å²) >= 11 is 0. The first-order chi connectivity index (χ1) is 9.38. The molecule has 5 heteroatoms. The van der Waals surface area contributed by atoms with Gasteiger partial charge in [0.25, 0.3) is 0 Å². The Morgan fingerprint density at radius 1 is 1.37 bits per heavy atom. The van der Waals surface area contributed by atoms with Crippen LogP contribution in [0.1, 0.15) is 12.0 Å². The van der Waals surface area contributed by atoms with E-state index in [2.05, 4.69) is 21.9 Å². The van der Waals surface area contributed by atoms with Crippen LogP contribution in [0.5, 0.6) is 5.75 Å². The van der Waals surface area contributed by atoms with Gasteiger partial charge in [0.05, 0.1) is 13.2 Å². The summed E-state index contributed by atoms with van der Waals surface area (Å²) in [7, 11) is 0. The van der Waals surface area contributed by atoms with Gasteiger partial charge in [-0.3, -0.25) is 0 Å². The zero-order valence-corrected chi connectivity index (χ0v) is 10.5. The van der Waals surface area contributed by atoms with E-state index in [1.165, 1.54) is 6.33 Å². The predicted molar refractivity (Wildman–Crippen MR) is 70.5 cm³/mol. The molecule has 0 unspecified atom stereocenters. The van der Waals surface area contributed by atoms with Gasteiger partial charge in [0.15, 0.2) is 0 Å². The van der Waals surface area contributed by atoms with E-state index in [-0.39, 0.29) is 6.61 Å². The van der Waals surface area contributed by atoms with Crippen LogP contribution >= 0.6 is 0 Å². The van der Waals surface area contributed by atoms with Crippen molar-refractivity contribution in [2.45, 2.75) is 13.0 Å². The molecule has 19 heavy (non-hydrogen) atoms. The Hall–Kier alpha value is -2.32. The molecule has 0 radical (unpaired) electrons. The van der Waals surface area contributed by atoms with Crippen LogP contribution in [0.25, 0.3) is 0 Å². The summed E-state index contributed by atoms with van der Waals surface area (Å²) < 4.78 is 7.33. The fraction of sp³-hybridized carbons (Fsp3) is 0.286. The van der Waals surface area contributed by atoms with Gasteiger partial charge in [0.2, 0.25) is 0 Å². The van der Waals surface area contributed by atoms with Crippen molar-refractivity contribution in [1.29, 1.82) is 0 Å².